The number of fused-ring (bicyclic) bond motifs is 3. The number of rotatable bonds is 4. The van der Waals surface area contributed by atoms with Gasteiger partial charge in [-0.05, 0) is 51.8 Å². The van der Waals surface area contributed by atoms with Gasteiger partial charge in [-0.15, -0.1) is 10.2 Å². The molecule has 0 radical (unpaired) electrons. The molecule has 4 aromatic rings. The number of nitrogens with one attached hydrogen (secondary N) is 2. The molecule has 13 heteroatoms. The highest BCUT2D eigenvalue weighted by Gasteiger charge is 2.60. The Balaban J connectivity index is 1.24. The number of piperidine rings is 1. The molecule has 2 saturated heterocycles. The number of H-pyrrole nitrogens is 2. The lowest BCUT2D eigenvalue weighted by atomic mass is 9.96. The van der Waals surface area contributed by atoms with Crippen molar-refractivity contribution in [2.24, 2.45) is 0 Å². The number of hydrogen-bond acceptors (Lipinski definition) is 7. The number of aromatic nitrogens is 6. The summed E-state index contributed by atoms with van der Waals surface area (Å²) in [6, 6.07) is 2.63. The normalized spacial score (nSPS) is 22.1. The maximum absolute atomic E-state index is 15.2. The van der Waals surface area contributed by atoms with E-state index in [0.29, 0.717) is 45.5 Å². The Morgan fingerprint density at radius 3 is 2.62 bits per heavy atom. The van der Waals surface area contributed by atoms with E-state index in [0.717, 1.165) is 0 Å². The Kier molecular flexibility index (Phi) is 6.00. The van der Waals surface area contributed by atoms with Crippen molar-refractivity contribution in [1.29, 1.82) is 0 Å². The van der Waals surface area contributed by atoms with Gasteiger partial charge in [0, 0.05) is 53.8 Å². The third kappa shape index (κ3) is 4.42. The second-order valence-corrected chi connectivity index (χ2v) is 11.5. The van der Waals surface area contributed by atoms with Gasteiger partial charge in [-0.3, -0.25) is 15.1 Å². The SMILES string of the molecule is CN(c1ccc(-c2cc(F)c(-c3cn[nH]c3)c3cn[nH]c23)nn1)C1CC2CC(F)(F)C(C1)N2C(=O)OC(C)(C)C. The van der Waals surface area contributed by atoms with Crippen LogP contribution < -0.4 is 4.90 Å². The predicted octanol–water partition coefficient (Wildman–Crippen LogP) is 5.16. The molecule has 3 atom stereocenters. The molecule has 2 aliphatic heterocycles. The van der Waals surface area contributed by atoms with E-state index in [1.165, 1.54) is 17.2 Å². The fourth-order valence-corrected chi connectivity index (χ4v) is 5.87. The van der Waals surface area contributed by atoms with Gasteiger partial charge in [-0.1, -0.05) is 0 Å². The first-order valence-electron chi connectivity index (χ1n) is 13.0. The van der Waals surface area contributed by atoms with Gasteiger partial charge >= 0.3 is 6.09 Å². The van der Waals surface area contributed by atoms with E-state index in [4.69, 9.17) is 4.74 Å². The summed E-state index contributed by atoms with van der Waals surface area (Å²) in [5.41, 5.74) is 1.70. The zero-order chi connectivity index (χ0) is 28.4. The molecule has 1 amide bonds. The molecule has 0 spiro atoms. The van der Waals surface area contributed by atoms with Crippen molar-refractivity contribution in [3.05, 3.63) is 42.6 Å². The Morgan fingerprint density at radius 2 is 1.98 bits per heavy atom. The Labute approximate surface area is 227 Å². The average molecular weight is 555 g/mol. The summed E-state index contributed by atoms with van der Waals surface area (Å²) >= 11 is 0. The third-order valence-corrected chi connectivity index (χ3v) is 7.68. The minimum atomic E-state index is -3.01. The molecule has 2 N–H and O–H groups in total. The fourth-order valence-electron chi connectivity index (χ4n) is 5.87. The molecule has 0 aliphatic carbocycles. The lowest BCUT2D eigenvalue weighted by molar-refractivity contribution is -0.0492. The van der Waals surface area contributed by atoms with Crippen LogP contribution in [0.1, 0.15) is 40.0 Å². The van der Waals surface area contributed by atoms with Crippen LogP contribution in [0, 0.1) is 5.82 Å². The van der Waals surface area contributed by atoms with Gasteiger partial charge in [0.1, 0.15) is 17.5 Å². The molecular formula is C27H29F3N8O2. The summed E-state index contributed by atoms with van der Waals surface area (Å²) < 4.78 is 50.5. The molecule has 40 heavy (non-hydrogen) atoms. The monoisotopic (exact) mass is 554 g/mol. The lowest BCUT2D eigenvalue weighted by Crippen LogP contribution is -2.55. The van der Waals surface area contributed by atoms with Crippen molar-refractivity contribution in [1.82, 2.24) is 35.5 Å². The van der Waals surface area contributed by atoms with Gasteiger partial charge in [-0.2, -0.15) is 10.2 Å². The molecule has 0 saturated carbocycles. The van der Waals surface area contributed by atoms with Crippen molar-refractivity contribution in [3.63, 3.8) is 0 Å². The summed E-state index contributed by atoms with van der Waals surface area (Å²) in [6.45, 7) is 5.15. The van der Waals surface area contributed by atoms with Crippen molar-refractivity contribution >= 4 is 22.8 Å². The molecule has 6 rings (SSSR count). The topological polar surface area (TPSA) is 116 Å². The van der Waals surface area contributed by atoms with Gasteiger partial charge in [-0.25, -0.2) is 18.0 Å². The van der Waals surface area contributed by atoms with E-state index in [2.05, 4.69) is 30.6 Å². The first kappa shape index (κ1) is 26.1. The molecule has 3 unspecified atom stereocenters. The quantitative estimate of drug-likeness (QED) is 0.358. The van der Waals surface area contributed by atoms with Crippen LogP contribution in [0.5, 0.6) is 0 Å². The Hall–Kier alpha value is -4.16. The van der Waals surface area contributed by atoms with Gasteiger partial charge in [0.15, 0.2) is 5.82 Å². The van der Waals surface area contributed by atoms with Gasteiger partial charge in [0.05, 0.1) is 23.6 Å². The number of carbonyl (C=O) groups is 1. The highest BCUT2D eigenvalue weighted by Crippen LogP contribution is 2.47. The minimum Gasteiger partial charge on any atom is -0.444 e. The zero-order valence-corrected chi connectivity index (χ0v) is 22.5. The Morgan fingerprint density at radius 1 is 1.18 bits per heavy atom. The van der Waals surface area contributed by atoms with Crippen LogP contribution >= 0.6 is 0 Å². The van der Waals surface area contributed by atoms with E-state index in [1.807, 2.05) is 4.90 Å². The van der Waals surface area contributed by atoms with E-state index in [9.17, 15) is 13.6 Å². The van der Waals surface area contributed by atoms with Crippen molar-refractivity contribution < 1.29 is 22.7 Å². The van der Waals surface area contributed by atoms with Crippen LogP contribution in [0.3, 0.4) is 0 Å². The minimum absolute atomic E-state index is 0.0676. The van der Waals surface area contributed by atoms with Gasteiger partial charge in [0.2, 0.25) is 0 Å². The van der Waals surface area contributed by atoms with Crippen molar-refractivity contribution in [2.75, 3.05) is 11.9 Å². The molecule has 5 heterocycles. The molecule has 1 aromatic carbocycles. The maximum atomic E-state index is 15.2. The number of benzene rings is 1. The highest BCUT2D eigenvalue weighted by molar-refractivity contribution is 6.02. The highest BCUT2D eigenvalue weighted by atomic mass is 19.3. The first-order chi connectivity index (χ1) is 18.9. The summed E-state index contributed by atoms with van der Waals surface area (Å²) in [7, 11) is 1.78. The van der Waals surface area contributed by atoms with Gasteiger partial charge in [0.25, 0.3) is 5.92 Å². The maximum Gasteiger partial charge on any atom is 0.411 e. The van der Waals surface area contributed by atoms with Gasteiger partial charge < -0.3 is 9.64 Å². The predicted molar refractivity (Wildman–Crippen MR) is 141 cm³/mol. The summed E-state index contributed by atoms with van der Waals surface area (Å²) in [5.74, 6) is -2.98. The molecular weight excluding hydrogens is 525 g/mol. The van der Waals surface area contributed by atoms with Crippen molar-refractivity contribution in [3.8, 4) is 22.4 Å². The number of ether oxygens (including phenoxy) is 1. The number of halogens is 3. The standard InChI is InChI=1S/C27H29F3N8O2/c1-26(2,3)40-25(39)38-16-7-15(8-21(38)27(29,30)10-16)37(4)22-6-5-20(34-35-22)17-9-19(28)23(14-11-31-32-12-14)18-13-33-36-24(17)18/h5-6,9,11-13,15-16,21H,7-8,10H2,1-4H3,(H,31,32)(H,33,36). The van der Waals surface area contributed by atoms with E-state index in [-0.39, 0.29) is 12.5 Å². The van der Waals surface area contributed by atoms with Crippen LogP contribution in [0.2, 0.25) is 0 Å². The molecule has 10 nitrogen and oxygen atoms in total. The largest absolute Gasteiger partial charge is 0.444 e. The zero-order valence-electron chi connectivity index (χ0n) is 22.5. The van der Waals surface area contributed by atoms with Crippen LogP contribution in [0.4, 0.5) is 23.8 Å². The van der Waals surface area contributed by atoms with Crippen LogP contribution in [0.15, 0.2) is 36.8 Å². The fraction of sp³-hybridized carbons (Fsp3) is 0.444. The van der Waals surface area contributed by atoms with Crippen LogP contribution in [0.25, 0.3) is 33.3 Å². The summed E-state index contributed by atoms with van der Waals surface area (Å²) in [5, 5.41) is 22.9. The number of carbonyl (C=O) groups excluding carboxylic acids is 1. The molecule has 2 fully saturated rings. The third-order valence-electron chi connectivity index (χ3n) is 7.68. The van der Waals surface area contributed by atoms with Crippen molar-refractivity contribution in [2.45, 2.75) is 69.7 Å². The van der Waals surface area contributed by atoms with E-state index < -0.39 is 41.9 Å². The van der Waals surface area contributed by atoms with E-state index in [1.54, 1.807) is 52.3 Å². The smallest absolute Gasteiger partial charge is 0.411 e. The van der Waals surface area contributed by atoms with Crippen LogP contribution in [-0.2, 0) is 4.74 Å². The molecule has 2 aliphatic rings. The number of aromatic amines is 2. The second kappa shape index (κ2) is 9.20. The van der Waals surface area contributed by atoms with E-state index >= 15 is 4.39 Å². The molecule has 2 bridgehead atoms. The van der Waals surface area contributed by atoms with Crippen LogP contribution in [-0.4, -0.2) is 78.3 Å². The summed E-state index contributed by atoms with van der Waals surface area (Å²) in [4.78, 5) is 15.8. The summed E-state index contributed by atoms with van der Waals surface area (Å²) in [6.07, 6.45) is 4.00. The average Bonchev–Trinajstić information content (AvgIpc) is 3.61. The lowest BCUT2D eigenvalue weighted by Gasteiger charge is -2.42. The first-order valence-corrected chi connectivity index (χ1v) is 13.0. The Bertz CT molecular complexity index is 1550. The number of alkyl halides is 2. The second-order valence-electron chi connectivity index (χ2n) is 11.5. The molecule has 3 aromatic heterocycles. The number of amides is 1. The molecule has 210 valence electrons. The number of hydrogen-bond donors (Lipinski definition) is 2. The number of anilines is 1. The number of nitrogens with zero attached hydrogens (tertiary/aromatic N) is 6.